The van der Waals surface area contributed by atoms with Crippen LogP contribution in [0.5, 0.6) is 0 Å². The van der Waals surface area contributed by atoms with Crippen molar-refractivity contribution in [3.8, 4) is 44.6 Å². The van der Waals surface area contributed by atoms with Crippen LogP contribution in [0, 0.1) is 23.7 Å². The number of aryl methyl sites for hydroxylation is 2. The third-order valence-corrected chi connectivity index (χ3v) is 12.2. The fourth-order valence-electron chi connectivity index (χ4n) is 6.90. The third-order valence-electron chi connectivity index (χ3n) is 9.77. The third kappa shape index (κ3) is 8.60. The van der Waals surface area contributed by atoms with E-state index in [1.54, 1.807) is 0 Å². The Kier molecular flexibility index (Phi) is 12.0. The number of fused-ring (bicyclic) bond motifs is 2. The zero-order chi connectivity index (χ0) is 35.5. The second kappa shape index (κ2) is 17.6. The zero-order valence-electron chi connectivity index (χ0n) is 30.4. The molecule has 2 heterocycles. The molecule has 258 valence electrons. The lowest BCUT2D eigenvalue weighted by atomic mass is 9.89. The molecule has 0 nitrogen and oxygen atoms in total. The van der Waals surface area contributed by atoms with Gasteiger partial charge in [-0.15, -0.1) is 22.7 Å². The van der Waals surface area contributed by atoms with E-state index < -0.39 is 0 Å². The van der Waals surface area contributed by atoms with Crippen molar-refractivity contribution in [1.29, 1.82) is 0 Å². The molecule has 0 aliphatic rings. The minimum absolute atomic E-state index is 1.01. The summed E-state index contributed by atoms with van der Waals surface area (Å²) in [6.07, 6.45) is 12.6. The molecular formula is C50H46S2. The summed E-state index contributed by atoms with van der Waals surface area (Å²) in [5.41, 5.74) is 6.63. The monoisotopic (exact) mass is 710 g/mol. The molecule has 0 aliphatic carbocycles. The first-order chi connectivity index (χ1) is 25.7. The molecule has 0 unspecified atom stereocenters. The molecule has 7 aromatic rings. The maximum Gasteiger partial charge on any atom is 0.0407 e. The highest BCUT2D eigenvalue weighted by atomic mass is 32.1. The van der Waals surface area contributed by atoms with Gasteiger partial charge in [-0.3, -0.25) is 0 Å². The molecule has 52 heavy (non-hydrogen) atoms. The van der Waals surface area contributed by atoms with Crippen molar-refractivity contribution < 1.29 is 0 Å². The van der Waals surface area contributed by atoms with E-state index in [0.29, 0.717) is 0 Å². The Hall–Kier alpha value is -4.86. The summed E-state index contributed by atoms with van der Waals surface area (Å²) in [6, 6.07) is 43.8. The van der Waals surface area contributed by atoms with Crippen LogP contribution in [0.4, 0.5) is 0 Å². The van der Waals surface area contributed by atoms with Gasteiger partial charge in [0.25, 0.3) is 0 Å². The summed E-state index contributed by atoms with van der Waals surface area (Å²) in [5, 5.41) is 4.60. The Bertz CT molecular complexity index is 2210. The second-order valence-electron chi connectivity index (χ2n) is 13.7. The maximum absolute atomic E-state index is 3.68. The highest BCUT2D eigenvalue weighted by Crippen LogP contribution is 2.39. The van der Waals surface area contributed by atoms with Crippen molar-refractivity contribution in [3.63, 3.8) is 0 Å². The Labute approximate surface area is 318 Å². The molecule has 0 amide bonds. The smallest absolute Gasteiger partial charge is 0.0407 e. The standard InChI is InChI=1S/C50H46S2/c1-3-5-7-15-21-41-27-33-49(51-41)39-25-31-45-44(30-24-38-19-13-10-14-20-38)48-36-40(50-34-28-42(52-50)22-16-8-6-4-2)26-32-46(48)43(47(45)35-39)29-23-37-17-11-9-12-18-37/h9-14,17-20,25-28,31-36H,3-8,15-16,21-22H2,1-2H3. The molecule has 0 atom stereocenters. The van der Waals surface area contributed by atoms with Crippen LogP contribution < -0.4 is 0 Å². The molecule has 5 aromatic carbocycles. The zero-order valence-corrected chi connectivity index (χ0v) is 32.1. The molecule has 0 aliphatic heterocycles. The van der Waals surface area contributed by atoms with Crippen molar-refractivity contribution in [1.82, 2.24) is 0 Å². The summed E-state index contributed by atoms with van der Waals surface area (Å²) in [5.74, 6) is 14.4. The number of unbranched alkanes of at least 4 members (excludes halogenated alkanes) is 6. The minimum atomic E-state index is 1.01. The van der Waals surface area contributed by atoms with Crippen LogP contribution in [0.2, 0.25) is 0 Å². The highest BCUT2D eigenvalue weighted by molar-refractivity contribution is 7.15. The Balaban J connectivity index is 1.39. The van der Waals surface area contributed by atoms with Crippen molar-refractivity contribution in [2.75, 3.05) is 0 Å². The van der Waals surface area contributed by atoms with Gasteiger partial charge in [0.15, 0.2) is 0 Å². The Morgan fingerprint density at radius 3 is 1.27 bits per heavy atom. The van der Waals surface area contributed by atoms with Gasteiger partial charge >= 0.3 is 0 Å². The van der Waals surface area contributed by atoms with Crippen LogP contribution in [0.15, 0.2) is 121 Å². The first-order valence-electron chi connectivity index (χ1n) is 19.1. The van der Waals surface area contributed by atoms with Crippen LogP contribution in [-0.4, -0.2) is 0 Å². The van der Waals surface area contributed by atoms with Crippen LogP contribution in [0.3, 0.4) is 0 Å². The van der Waals surface area contributed by atoms with Crippen LogP contribution in [0.25, 0.3) is 42.4 Å². The van der Waals surface area contributed by atoms with E-state index in [-0.39, 0.29) is 0 Å². The summed E-state index contributed by atoms with van der Waals surface area (Å²) in [6.45, 7) is 4.55. The van der Waals surface area contributed by atoms with Crippen molar-refractivity contribution >= 4 is 44.2 Å². The van der Waals surface area contributed by atoms with Gasteiger partial charge in [0.05, 0.1) is 0 Å². The lowest BCUT2D eigenvalue weighted by molar-refractivity contribution is 0.670. The van der Waals surface area contributed by atoms with E-state index in [1.165, 1.54) is 82.0 Å². The van der Waals surface area contributed by atoms with Gasteiger partial charge in [0, 0.05) is 41.8 Å². The van der Waals surface area contributed by atoms with Crippen molar-refractivity contribution in [2.24, 2.45) is 0 Å². The van der Waals surface area contributed by atoms with E-state index in [9.17, 15) is 0 Å². The molecule has 0 radical (unpaired) electrons. The average Bonchev–Trinajstić information content (AvgIpc) is 3.87. The summed E-state index contributed by atoms with van der Waals surface area (Å²) < 4.78 is 0. The molecule has 0 N–H and O–H groups in total. The van der Waals surface area contributed by atoms with E-state index in [2.05, 4.69) is 147 Å². The minimum Gasteiger partial charge on any atom is -0.140 e. The van der Waals surface area contributed by atoms with Crippen LogP contribution in [-0.2, 0) is 12.8 Å². The molecular weight excluding hydrogens is 665 g/mol. The molecule has 2 aromatic heterocycles. The molecule has 0 bridgehead atoms. The van der Waals surface area contributed by atoms with E-state index in [1.807, 2.05) is 34.8 Å². The van der Waals surface area contributed by atoms with Gasteiger partial charge in [-0.2, -0.15) is 0 Å². The maximum atomic E-state index is 3.68. The second-order valence-corrected chi connectivity index (χ2v) is 16.0. The van der Waals surface area contributed by atoms with E-state index in [4.69, 9.17) is 0 Å². The lowest BCUT2D eigenvalue weighted by Gasteiger charge is -2.13. The largest absolute Gasteiger partial charge is 0.140 e. The van der Waals surface area contributed by atoms with Gasteiger partial charge in [0.2, 0.25) is 0 Å². The molecule has 0 saturated carbocycles. The molecule has 0 spiro atoms. The summed E-state index contributed by atoms with van der Waals surface area (Å²) in [4.78, 5) is 5.55. The number of benzene rings is 5. The normalized spacial score (nSPS) is 11.0. The Morgan fingerprint density at radius 1 is 0.404 bits per heavy atom. The highest BCUT2D eigenvalue weighted by Gasteiger charge is 2.16. The average molecular weight is 711 g/mol. The number of rotatable bonds is 12. The number of hydrogen-bond donors (Lipinski definition) is 0. The number of thiophene rings is 2. The lowest BCUT2D eigenvalue weighted by Crippen LogP contribution is -1.92. The SMILES string of the molecule is CCCCCCc1ccc(-c2ccc3c(C#Cc4ccccc4)c4cc(-c5ccc(CCCCCC)s5)ccc4c(C#Cc4ccccc4)c3c2)s1. The van der Waals surface area contributed by atoms with Crippen molar-refractivity contribution in [3.05, 3.63) is 153 Å². The van der Waals surface area contributed by atoms with E-state index >= 15 is 0 Å². The predicted molar refractivity (Wildman–Crippen MR) is 229 cm³/mol. The van der Waals surface area contributed by atoms with Gasteiger partial charge < -0.3 is 0 Å². The van der Waals surface area contributed by atoms with Gasteiger partial charge in [-0.05, 0) is 119 Å². The summed E-state index contributed by atoms with van der Waals surface area (Å²) >= 11 is 3.86. The summed E-state index contributed by atoms with van der Waals surface area (Å²) in [7, 11) is 0. The molecule has 2 heteroatoms. The van der Waals surface area contributed by atoms with Crippen LogP contribution in [0.1, 0.15) is 97.2 Å². The fraction of sp³-hybridized carbons (Fsp3) is 0.240. The number of hydrogen-bond acceptors (Lipinski definition) is 2. The molecule has 7 rings (SSSR count). The fourth-order valence-corrected chi connectivity index (χ4v) is 9.00. The first-order valence-corrected chi connectivity index (χ1v) is 20.7. The van der Waals surface area contributed by atoms with Gasteiger partial charge in [-0.1, -0.05) is 137 Å². The quantitative estimate of drug-likeness (QED) is 0.0673. The van der Waals surface area contributed by atoms with Crippen molar-refractivity contribution in [2.45, 2.75) is 78.1 Å². The molecule has 0 fully saturated rings. The van der Waals surface area contributed by atoms with Gasteiger partial charge in [0.1, 0.15) is 0 Å². The van der Waals surface area contributed by atoms with Gasteiger partial charge in [-0.25, -0.2) is 0 Å². The first kappa shape index (κ1) is 35.5. The Morgan fingerprint density at radius 2 is 0.846 bits per heavy atom. The predicted octanol–water partition coefficient (Wildman–Crippen LogP) is 14.5. The topological polar surface area (TPSA) is 0 Å². The molecule has 0 saturated heterocycles. The van der Waals surface area contributed by atoms with E-state index in [0.717, 1.165) is 56.6 Å². The van der Waals surface area contributed by atoms with Crippen LogP contribution >= 0.6 is 22.7 Å².